The Hall–Kier alpha value is -3.67. The number of fused-ring (bicyclic) bond motifs is 1. The summed E-state index contributed by atoms with van der Waals surface area (Å²) in [5.41, 5.74) is 4.32. The third-order valence-corrected chi connectivity index (χ3v) is 5.01. The number of hydrogen-bond donors (Lipinski definition) is 1. The Labute approximate surface area is 175 Å². The van der Waals surface area contributed by atoms with Gasteiger partial charge in [-0.25, -0.2) is 0 Å². The summed E-state index contributed by atoms with van der Waals surface area (Å²) < 4.78 is 5.53. The monoisotopic (exact) mass is 401 g/mol. The number of anilines is 1. The third-order valence-electron chi connectivity index (χ3n) is 5.01. The number of nitrogens with zero attached hydrogens (tertiary/aromatic N) is 2. The summed E-state index contributed by atoms with van der Waals surface area (Å²) in [4.78, 5) is 30.8. The molecule has 0 fully saturated rings. The molecule has 6 heteroatoms. The molecule has 6 nitrogen and oxygen atoms in total. The zero-order valence-electron chi connectivity index (χ0n) is 16.8. The van der Waals surface area contributed by atoms with Crippen molar-refractivity contribution in [2.45, 2.75) is 19.9 Å². The molecule has 0 atom stereocenters. The van der Waals surface area contributed by atoms with Crippen LogP contribution in [0.1, 0.15) is 27.2 Å². The molecule has 2 amide bonds. The number of ether oxygens (including phenoxy) is 1. The lowest BCUT2D eigenvalue weighted by atomic mass is 10.1. The van der Waals surface area contributed by atoms with E-state index in [1.807, 2.05) is 55.5 Å². The minimum absolute atomic E-state index is 0.0345. The summed E-state index contributed by atoms with van der Waals surface area (Å²) in [5, 5.41) is 2.91. The second-order valence-corrected chi connectivity index (χ2v) is 7.26. The first kappa shape index (κ1) is 19.6. The fraction of sp³-hybridized carbons (Fsp3) is 0.208. The number of benzene rings is 2. The first-order valence-electron chi connectivity index (χ1n) is 9.91. The number of aromatic nitrogens is 1. The van der Waals surface area contributed by atoms with Gasteiger partial charge in [-0.05, 0) is 54.4 Å². The van der Waals surface area contributed by atoms with Gasteiger partial charge in [-0.3, -0.25) is 14.6 Å². The van der Waals surface area contributed by atoms with Gasteiger partial charge in [-0.15, -0.1) is 0 Å². The molecule has 3 aromatic rings. The molecule has 2 aromatic carbocycles. The van der Waals surface area contributed by atoms with E-state index in [0.717, 1.165) is 22.5 Å². The molecule has 1 aromatic heterocycles. The van der Waals surface area contributed by atoms with Crippen molar-refractivity contribution in [2.75, 3.05) is 18.1 Å². The predicted octanol–water partition coefficient (Wildman–Crippen LogP) is 3.29. The highest BCUT2D eigenvalue weighted by Gasteiger charge is 2.25. The Bertz CT molecular complexity index is 1050. The van der Waals surface area contributed by atoms with E-state index in [0.29, 0.717) is 30.8 Å². The molecular weight excluding hydrogens is 378 g/mol. The number of rotatable bonds is 6. The van der Waals surface area contributed by atoms with Gasteiger partial charge < -0.3 is 15.0 Å². The number of aryl methyl sites for hydroxylation is 1. The Morgan fingerprint density at radius 2 is 1.97 bits per heavy atom. The highest BCUT2D eigenvalue weighted by molar-refractivity contribution is 5.98. The van der Waals surface area contributed by atoms with Gasteiger partial charge in [0, 0.05) is 30.4 Å². The molecule has 1 aliphatic rings. The van der Waals surface area contributed by atoms with Crippen molar-refractivity contribution in [1.29, 1.82) is 0 Å². The van der Waals surface area contributed by atoms with Crippen molar-refractivity contribution < 1.29 is 14.3 Å². The van der Waals surface area contributed by atoms with E-state index >= 15 is 0 Å². The van der Waals surface area contributed by atoms with Gasteiger partial charge in [0.25, 0.3) is 11.8 Å². The van der Waals surface area contributed by atoms with E-state index in [1.165, 1.54) is 0 Å². The smallest absolute Gasteiger partial charge is 0.265 e. The summed E-state index contributed by atoms with van der Waals surface area (Å²) in [7, 11) is 0. The lowest BCUT2D eigenvalue weighted by Crippen LogP contribution is -2.38. The zero-order chi connectivity index (χ0) is 20.9. The Balaban J connectivity index is 1.38. The topological polar surface area (TPSA) is 71.5 Å². The highest BCUT2D eigenvalue weighted by Crippen LogP contribution is 2.33. The maximum Gasteiger partial charge on any atom is 0.265 e. The van der Waals surface area contributed by atoms with Gasteiger partial charge in [-0.1, -0.05) is 24.3 Å². The van der Waals surface area contributed by atoms with Gasteiger partial charge in [0.2, 0.25) is 0 Å². The number of carbonyl (C=O) groups is 2. The Morgan fingerprint density at radius 1 is 1.13 bits per heavy atom. The van der Waals surface area contributed by atoms with Gasteiger partial charge in [0.15, 0.2) is 6.61 Å². The SMILES string of the molecule is Cc1ccc2c(c1)N(Cc1ccc(C(=O)NCCc3ccccn3)cc1)C(=O)CO2. The molecule has 0 bridgehead atoms. The fourth-order valence-electron chi connectivity index (χ4n) is 3.38. The average Bonchev–Trinajstić information content (AvgIpc) is 2.77. The van der Waals surface area contributed by atoms with Crippen LogP contribution in [0, 0.1) is 6.92 Å². The lowest BCUT2D eigenvalue weighted by Gasteiger charge is -2.29. The normalized spacial score (nSPS) is 12.8. The zero-order valence-corrected chi connectivity index (χ0v) is 16.8. The molecule has 0 spiro atoms. The van der Waals surface area contributed by atoms with Crippen LogP contribution in [0.15, 0.2) is 66.9 Å². The minimum Gasteiger partial charge on any atom is -0.482 e. The second kappa shape index (κ2) is 8.78. The summed E-state index contributed by atoms with van der Waals surface area (Å²) in [6, 6.07) is 18.9. The van der Waals surface area contributed by atoms with E-state index in [-0.39, 0.29) is 18.4 Å². The van der Waals surface area contributed by atoms with Crippen molar-refractivity contribution >= 4 is 17.5 Å². The Kier molecular flexibility index (Phi) is 5.75. The molecule has 2 heterocycles. The molecule has 152 valence electrons. The van der Waals surface area contributed by atoms with Gasteiger partial charge in [0.1, 0.15) is 5.75 Å². The van der Waals surface area contributed by atoms with Gasteiger partial charge in [-0.2, -0.15) is 0 Å². The fourth-order valence-corrected chi connectivity index (χ4v) is 3.38. The van der Waals surface area contributed by atoms with Crippen LogP contribution in [0.3, 0.4) is 0 Å². The molecule has 0 unspecified atom stereocenters. The quantitative estimate of drug-likeness (QED) is 0.688. The van der Waals surface area contributed by atoms with E-state index < -0.39 is 0 Å². The highest BCUT2D eigenvalue weighted by atomic mass is 16.5. The number of carbonyl (C=O) groups excluding carboxylic acids is 2. The van der Waals surface area contributed by atoms with E-state index in [4.69, 9.17) is 4.74 Å². The molecule has 0 saturated heterocycles. The van der Waals surface area contributed by atoms with E-state index in [1.54, 1.807) is 23.2 Å². The first-order valence-corrected chi connectivity index (χ1v) is 9.91. The molecule has 0 aliphatic carbocycles. The summed E-state index contributed by atoms with van der Waals surface area (Å²) in [6.07, 6.45) is 2.43. The van der Waals surface area contributed by atoms with Crippen LogP contribution in [0.25, 0.3) is 0 Å². The molecule has 0 radical (unpaired) electrons. The van der Waals surface area contributed by atoms with Crippen molar-refractivity contribution in [3.05, 3.63) is 89.2 Å². The standard InChI is InChI=1S/C24H23N3O3/c1-17-5-10-22-21(14-17)27(23(28)16-30-22)15-18-6-8-19(9-7-18)24(29)26-13-11-20-4-2-3-12-25-20/h2-10,12,14H,11,13,15-16H2,1H3,(H,26,29). The van der Waals surface area contributed by atoms with Crippen LogP contribution in [0.2, 0.25) is 0 Å². The second-order valence-electron chi connectivity index (χ2n) is 7.26. The van der Waals surface area contributed by atoms with Crippen LogP contribution in [-0.2, 0) is 17.8 Å². The van der Waals surface area contributed by atoms with E-state index in [2.05, 4.69) is 10.3 Å². The molecule has 30 heavy (non-hydrogen) atoms. The summed E-state index contributed by atoms with van der Waals surface area (Å²) in [5.74, 6) is 0.509. The lowest BCUT2D eigenvalue weighted by molar-refractivity contribution is -0.121. The number of hydrogen-bond acceptors (Lipinski definition) is 4. The van der Waals surface area contributed by atoms with Crippen LogP contribution in [0.5, 0.6) is 5.75 Å². The van der Waals surface area contributed by atoms with Crippen molar-refractivity contribution in [2.24, 2.45) is 0 Å². The minimum atomic E-state index is -0.124. The number of pyridine rings is 1. The summed E-state index contributed by atoms with van der Waals surface area (Å²) in [6.45, 7) is 2.97. The molecule has 1 aliphatic heterocycles. The predicted molar refractivity (Wildman–Crippen MR) is 115 cm³/mol. The largest absolute Gasteiger partial charge is 0.482 e. The van der Waals surface area contributed by atoms with Crippen molar-refractivity contribution in [1.82, 2.24) is 10.3 Å². The maximum absolute atomic E-state index is 12.4. The summed E-state index contributed by atoms with van der Waals surface area (Å²) >= 11 is 0. The molecule has 4 rings (SSSR count). The molecule has 0 saturated carbocycles. The van der Waals surface area contributed by atoms with Gasteiger partial charge in [0.05, 0.1) is 12.2 Å². The molecular formula is C24H23N3O3. The van der Waals surface area contributed by atoms with Crippen LogP contribution in [0.4, 0.5) is 5.69 Å². The average molecular weight is 401 g/mol. The molecule has 1 N–H and O–H groups in total. The van der Waals surface area contributed by atoms with Crippen LogP contribution >= 0.6 is 0 Å². The van der Waals surface area contributed by atoms with Crippen molar-refractivity contribution in [3.63, 3.8) is 0 Å². The number of nitrogens with one attached hydrogen (secondary N) is 1. The van der Waals surface area contributed by atoms with E-state index in [9.17, 15) is 9.59 Å². The third kappa shape index (κ3) is 4.49. The van der Waals surface area contributed by atoms with Crippen LogP contribution < -0.4 is 15.0 Å². The van der Waals surface area contributed by atoms with Gasteiger partial charge >= 0.3 is 0 Å². The Morgan fingerprint density at radius 3 is 2.73 bits per heavy atom. The number of amides is 2. The first-order chi connectivity index (χ1) is 14.6. The van der Waals surface area contributed by atoms with Crippen LogP contribution in [-0.4, -0.2) is 29.9 Å². The van der Waals surface area contributed by atoms with Crippen molar-refractivity contribution in [3.8, 4) is 5.75 Å². The maximum atomic E-state index is 12.4.